The SMILES string of the molecule is CO[P+](c1ccccc1)(c1ccccc1)c1ccc2ccc(-c3cc4c5ccccc5n5c6ccccc6nc5c4cn3)cc2c1. The summed E-state index contributed by atoms with van der Waals surface area (Å²) in [7, 11) is -0.502. The highest BCUT2D eigenvalue weighted by atomic mass is 31.2. The van der Waals surface area contributed by atoms with Gasteiger partial charge in [-0.3, -0.25) is 9.38 Å². The molecule has 4 nitrogen and oxygen atoms in total. The molecule has 46 heavy (non-hydrogen) atoms. The van der Waals surface area contributed by atoms with Crippen LogP contribution in [0.3, 0.4) is 0 Å². The molecule has 0 fully saturated rings. The molecule has 9 aromatic rings. The van der Waals surface area contributed by atoms with E-state index in [0.717, 1.165) is 49.6 Å². The maximum absolute atomic E-state index is 6.60. The van der Waals surface area contributed by atoms with Crippen LogP contribution in [0.2, 0.25) is 0 Å². The lowest BCUT2D eigenvalue weighted by Gasteiger charge is -2.24. The molecule has 0 aliphatic rings. The molecule has 3 aromatic heterocycles. The van der Waals surface area contributed by atoms with E-state index in [1.54, 1.807) is 0 Å². The average Bonchev–Trinajstić information content (AvgIpc) is 3.53. The van der Waals surface area contributed by atoms with Crippen molar-refractivity contribution in [3.8, 4) is 11.3 Å². The van der Waals surface area contributed by atoms with Gasteiger partial charge >= 0.3 is 0 Å². The van der Waals surface area contributed by atoms with Crippen molar-refractivity contribution in [2.24, 2.45) is 0 Å². The average molecular weight is 611 g/mol. The topological polar surface area (TPSA) is 39.4 Å². The Labute approximate surface area is 267 Å². The summed E-state index contributed by atoms with van der Waals surface area (Å²) >= 11 is 0. The van der Waals surface area contributed by atoms with Crippen LogP contribution in [0.15, 0.2) is 158 Å². The number of para-hydroxylation sites is 3. The van der Waals surface area contributed by atoms with Crippen molar-refractivity contribution < 1.29 is 4.52 Å². The molecule has 3 heterocycles. The summed E-state index contributed by atoms with van der Waals surface area (Å²) in [5.74, 6) is 0. The maximum Gasteiger partial charge on any atom is 0.241 e. The highest BCUT2D eigenvalue weighted by Gasteiger charge is 2.47. The molecule has 0 aliphatic carbocycles. The molecular weight excluding hydrogens is 581 g/mol. The third kappa shape index (κ3) is 4.01. The van der Waals surface area contributed by atoms with Crippen LogP contribution in [0.25, 0.3) is 60.4 Å². The Morgan fingerprint density at radius 2 is 1.22 bits per heavy atom. The van der Waals surface area contributed by atoms with Crippen LogP contribution in [0, 0.1) is 0 Å². The van der Waals surface area contributed by atoms with Gasteiger partial charge in [-0.15, -0.1) is 0 Å². The normalized spacial score (nSPS) is 12.1. The molecule has 218 valence electrons. The zero-order chi connectivity index (χ0) is 30.7. The monoisotopic (exact) mass is 610 g/mol. The quantitative estimate of drug-likeness (QED) is 0.144. The number of rotatable bonds is 5. The van der Waals surface area contributed by atoms with Crippen LogP contribution < -0.4 is 15.9 Å². The number of aromatic nitrogens is 3. The molecule has 0 saturated heterocycles. The van der Waals surface area contributed by atoms with Gasteiger partial charge in [-0.1, -0.05) is 84.9 Å². The van der Waals surface area contributed by atoms with E-state index in [2.05, 4.69) is 150 Å². The van der Waals surface area contributed by atoms with Crippen molar-refractivity contribution in [2.45, 2.75) is 0 Å². The third-order valence-electron chi connectivity index (χ3n) is 9.14. The Morgan fingerprint density at radius 3 is 1.98 bits per heavy atom. The number of pyridine rings is 2. The minimum atomic E-state index is -2.35. The first-order chi connectivity index (χ1) is 22.7. The summed E-state index contributed by atoms with van der Waals surface area (Å²) in [6.45, 7) is 0. The van der Waals surface area contributed by atoms with Gasteiger partial charge in [0.1, 0.15) is 21.6 Å². The van der Waals surface area contributed by atoms with E-state index < -0.39 is 7.49 Å². The van der Waals surface area contributed by atoms with Crippen molar-refractivity contribution in [3.63, 3.8) is 0 Å². The fourth-order valence-electron chi connectivity index (χ4n) is 6.99. The van der Waals surface area contributed by atoms with Gasteiger partial charge in [-0.25, -0.2) is 9.51 Å². The van der Waals surface area contributed by atoms with Crippen molar-refractivity contribution >= 4 is 72.5 Å². The van der Waals surface area contributed by atoms with E-state index in [1.165, 1.54) is 26.7 Å². The van der Waals surface area contributed by atoms with Crippen LogP contribution in [0.1, 0.15) is 0 Å². The van der Waals surface area contributed by atoms with Gasteiger partial charge in [-0.05, 0) is 82.9 Å². The lowest BCUT2D eigenvalue weighted by molar-refractivity contribution is 0.466. The molecule has 6 aromatic carbocycles. The number of imidazole rings is 1. The summed E-state index contributed by atoms with van der Waals surface area (Å²) in [6, 6.07) is 53.8. The maximum atomic E-state index is 6.60. The highest BCUT2D eigenvalue weighted by molar-refractivity contribution is 7.91. The van der Waals surface area contributed by atoms with Crippen molar-refractivity contribution in [3.05, 3.63) is 158 Å². The van der Waals surface area contributed by atoms with E-state index in [9.17, 15) is 0 Å². The van der Waals surface area contributed by atoms with Gasteiger partial charge < -0.3 is 0 Å². The van der Waals surface area contributed by atoms with Gasteiger partial charge in [0, 0.05) is 22.5 Å². The van der Waals surface area contributed by atoms with E-state index >= 15 is 0 Å². The molecule has 0 aliphatic heterocycles. The van der Waals surface area contributed by atoms with E-state index in [1.807, 2.05) is 19.4 Å². The molecule has 0 amide bonds. The first-order valence-electron chi connectivity index (χ1n) is 15.4. The Kier molecular flexibility index (Phi) is 6.21. The molecule has 5 heteroatoms. The number of benzene rings is 6. The molecule has 0 bridgehead atoms. The van der Waals surface area contributed by atoms with Gasteiger partial charge in [0.25, 0.3) is 0 Å². The molecule has 0 radical (unpaired) electrons. The standard InChI is InChI=1S/C41H29N3OP/c1-45-46(31-12-4-2-5-13-31,32-14-6-3-7-15-32)33-23-22-28-20-21-29(24-30(28)25-33)38-26-35-34-16-8-10-18-39(34)44-40-19-11-9-17-37(40)43-41(44)36(35)27-42-38/h2-27H,1H3/q+1. The van der Waals surface area contributed by atoms with Gasteiger partial charge in [0.15, 0.2) is 0 Å². The largest absolute Gasteiger partial charge is 0.292 e. The predicted molar refractivity (Wildman–Crippen MR) is 194 cm³/mol. The second-order valence-electron chi connectivity index (χ2n) is 11.6. The molecule has 0 atom stereocenters. The molecule has 0 N–H and O–H groups in total. The summed E-state index contributed by atoms with van der Waals surface area (Å²) in [6.07, 6.45) is 1.99. The van der Waals surface area contributed by atoms with Crippen LogP contribution in [0.4, 0.5) is 0 Å². The lowest BCUT2D eigenvalue weighted by atomic mass is 10.0. The first-order valence-corrected chi connectivity index (χ1v) is 17.1. The van der Waals surface area contributed by atoms with Gasteiger partial charge in [0.05, 0.1) is 29.4 Å². The Balaban J connectivity index is 1.24. The van der Waals surface area contributed by atoms with Crippen LogP contribution in [-0.2, 0) is 4.52 Å². The highest BCUT2D eigenvalue weighted by Crippen LogP contribution is 2.56. The van der Waals surface area contributed by atoms with Gasteiger partial charge in [-0.2, -0.15) is 0 Å². The fourth-order valence-corrected chi connectivity index (χ4v) is 10.3. The zero-order valence-corrected chi connectivity index (χ0v) is 26.1. The third-order valence-corrected chi connectivity index (χ3v) is 12.7. The summed E-state index contributed by atoms with van der Waals surface area (Å²) < 4.78 is 8.86. The minimum absolute atomic E-state index is 0.929. The van der Waals surface area contributed by atoms with Crippen molar-refractivity contribution in [1.29, 1.82) is 0 Å². The molecular formula is C41H29N3OP+. The van der Waals surface area contributed by atoms with E-state index in [4.69, 9.17) is 14.5 Å². The van der Waals surface area contributed by atoms with Crippen LogP contribution in [0.5, 0.6) is 0 Å². The number of hydrogen-bond donors (Lipinski definition) is 0. The smallest absolute Gasteiger partial charge is 0.241 e. The Hall–Kier alpha value is -5.41. The molecule has 0 spiro atoms. The number of nitrogens with zero attached hydrogens (tertiary/aromatic N) is 3. The number of fused-ring (bicyclic) bond motifs is 9. The van der Waals surface area contributed by atoms with E-state index in [-0.39, 0.29) is 0 Å². The first kappa shape index (κ1) is 26.9. The van der Waals surface area contributed by atoms with Crippen molar-refractivity contribution in [1.82, 2.24) is 14.4 Å². The molecule has 0 unspecified atom stereocenters. The zero-order valence-electron chi connectivity index (χ0n) is 25.2. The van der Waals surface area contributed by atoms with Crippen molar-refractivity contribution in [2.75, 3.05) is 7.11 Å². The summed E-state index contributed by atoms with van der Waals surface area (Å²) in [4.78, 5) is 10.1. The number of hydrogen-bond acceptors (Lipinski definition) is 3. The van der Waals surface area contributed by atoms with Crippen LogP contribution in [-0.4, -0.2) is 21.5 Å². The van der Waals surface area contributed by atoms with Crippen LogP contribution >= 0.6 is 7.49 Å². The van der Waals surface area contributed by atoms with Gasteiger partial charge in [0.2, 0.25) is 7.49 Å². The second kappa shape index (κ2) is 10.6. The minimum Gasteiger partial charge on any atom is -0.292 e. The summed E-state index contributed by atoms with van der Waals surface area (Å²) in [5, 5.41) is 9.28. The predicted octanol–water partition coefficient (Wildman–Crippen LogP) is 8.86. The molecule has 9 rings (SSSR count). The Bertz CT molecular complexity index is 2540. The summed E-state index contributed by atoms with van der Waals surface area (Å²) in [5.41, 5.74) is 6.16. The molecule has 0 saturated carbocycles. The lowest BCUT2D eigenvalue weighted by Crippen LogP contribution is -2.32. The van der Waals surface area contributed by atoms with E-state index in [0.29, 0.717) is 0 Å². The Morgan fingerprint density at radius 1 is 0.543 bits per heavy atom. The fraction of sp³-hybridized carbons (Fsp3) is 0.0244. The second-order valence-corrected chi connectivity index (χ2v) is 14.7.